The molecule has 2 N–H and O–H groups in total. The molecule has 0 unspecified atom stereocenters. The Bertz CT molecular complexity index is 212. The first-order valence-corrected chi connectivity index (χ1v) is 5.22. The third kappa shape index (κ3) is 1.81. The number of nitrogens with two attached hydrogens (primary N) is 1. The molecule has 10 heavy (non-hydrogen) atoms. The van der Waals surface area contributed by atoms with Gasteiger partial charge >= 0.3 is 0 Å². The smallest absolute Gasteiger partial charge is 0.0843 e. The van der Waals surface area contributed by atoms with E-state index in [0.29, 0.717) is 0 Å². The van der Waals surface area contributed by atoms with Crippen molar-refractivity contribution < 1.29 is 0 Å². The van der Waals surface area contributed by atoms with Gasteiger partial charge in [-0.25, -0.2) is 0 Å². The van der Waals surface area contributed by atoms with E-state index in [-0.39, 0.29) is 6.04 Å². The molecule has 1 heterocycles. The van der Waals surface area contributed by atoms with Crippen LogP contribution in [-0.2, 0) is 0 Å². The number of halogens is 2. The fourth-order valence-electron chi connectivity index (χ4n) is 0.588. The van der Waals surface area contributed by atoms with E-state index in [1.54, 1.807) is 11.3 Å². The molecule has 0 aliphatic rings. The fraction of sp³-hybridized carbons (Fsp3) is 0.333. The number of thiophene rings is 1. The molecule has 1 atom stereocenters. The average Bonchev–Trinajstić information content (AvgIpc) is 2.13. The molecule has 0 aliphatic carbocycles. The van der Waals surface area contributed by atoms with Crippen molar-refractivity contribution in [1.29, 1.82) is 0 Å². The van der Waals surface area contributed by atoms with Gasteiger partial charge in [-0.2, -0.15) is 0 Å². The standard InChI is InChI=1S/C6H7Br2NS/c1-3(9)5-2-4(7)6(8)10-5/h2-3H,9H2,1H3/t3-/m0/s1. The lowest BCUT2D eigenvalue weighted by molar-refractivity contribution is 0.838. The first kappa shape index (κ1) is 8.71. The summed E-state index contributed by atoms with van der Waals surface area (Å²) in [6.07, 6.45) is 0. The van der Waals surface area contributed by atoms with Crippen molar-refractivity contribution in [2.75, 3.05) is 0 Å². The van der Waals surface area contributed by atoms with E-state index in [2.05, 4.69) is 31.9 Å². The summed E-state index contributed by atoms with van der Waals surface area (Å²) >= 11 is 8.46. The molecule has 1 aromatic rings. The minimum atomic E-state index is 0.132. The van der Waals surface area contributed by atoms with Crippen LogP contribution in [0.5, 0.6) is 0 Å². The molecule has 0 fully saturated rings. The van der Waals surface area contributed by atoms with Crippen molar-refractivity contribution in [3.8, 4) is 0 Å². The Balaban J connectivity index is 2.98. The van der Waals surface area contributed by atoms with Gasteiger partial charge in [-0.05, 0) is 44.8 Å². The minimum Gasteiger partial charge on any atom is -0.324 e. The molecule has 4 heteroatoms. The van der Waals surface area contributed by atoms with Gasteiger partial charge in [0.15, 0.2) is 0 Å². The summed E-state index contributed by atoms with van der Waals surface area (Å²) in [6, 6.07) is 2.17. The summed E-state index contributed by atoms with van der Waals surface area (Å²) in [4.78, 5) is 1.19. The molecule has 0 bridgehead atoms. The van der Waals surface area contributed by atoms with Crippen molar-refractivity contribution in [2.45, 2.75) is 13.0 Å². The summed E-state index contributed by atoms with van der Waals surface area (Å²) in [7, 11) is 0. The molecular formula is C6H7Br2NS. The predicted molar refractivity (Wildman–Crippen MR) is 52.3 cm³/mol. The second-order valence-electron chi connectivity index (χ2n) is 2.06. The summed E-state index contributed by atoms with van der Waals surface area (Å²) < 4.78 is 2.20. The van der Waals surface area contributed by atoms with Crippen LogP contribution >= 0.6 is 43.2 Å². The van der Waals surface area contributed by atoms with E-state index >= 15 is 0 Å². The molecule has 1 aromatic heterocycles. The number of rotatable bonds is 1. The molecule has 1 nitrogen and oxygen atoms in total. The minimum absolute atomic E-state index is 0.132. The van der Waals surface area contributed by atoms with Gasteiger partial charge in [0.25, 0.3) is 0 Å². The summed E-state index contributed by atoms with van der Waals surface area (Å²) in [5.41, 5.74) is 5.66. The third-order valence-electron chi connectivity index (χ3n) is 1.11. The van der Waals surface area contributed by atoms with Gasteiger partial charge in [0, 0.05) is 15.4 Å². The van der Waals surface area contributed by atoms with Crippen LogP contribution in [0.4, 0.5) is 0 Å². The van der Waals surface area contributed by atoms with E-state index in [9.17, 15) is 0 Å². The topological polar surface area (TPSA) is 26.0 Å². The Hall–Kier alpha value is 0.620. The highest BCUT2D eigenvalue weighted by atomic mass is 79.9. The van der Waals surface area contributed by atoms with Crippen molar-refractivity contribution >= 4 is 43.2 Å². The maximum absolute atomic E-state index is 5.66. The van der Waals surface area contributed by atoms with E-state index in [0.717, 1.165) is 8.26 Å². The maximum atomic E-state index is 5.66. The second kappa shape index (κ2) is 3.34. The van der Waals surface area contributed by atoms with Crippen LogP contribution in [-0.4, -0.2) is 0 Å². The molecule has 0 radical (unpaired) electrons. The highest BCUT2D eigenvalue weighted by Gasteiger charge is 2.06. The van der Waals surface area contributed by atoms with Gasteiger partial charge in [-0.3, -0.25) is 0 Å². The molecule has 0 aromatic carbocycles. The monoisotopic (exact) mass is 283 g/mol. The molecule has 0 amide bonds. The van der Waals surface area contributed by atoms with Gasteiger partial charge in [0.1, 0.15) is 0 Å². The van der Waals surface area contributed by atoms with Crippen molar-refractivity contribution in [1.82, 2.24) is 0 Å². The highest BCUT2D eigenvalue weighted by Crippen LogP contribution is 2.34. The molecule has 0 saturated carbocycles. The van der Waals surface area contributed by atoms with Gasteiger partial charge in [0.2, 0.25) is 0 Å². The summed E-state index contributed by atoms with van der Waals surface area (Å²) in [5.74, 6) is 0. The van der Waals surface area contributed by atoms with Crippen LogP contribution in [0.15, 0.2) is 14.3 Å². The van der Waals surface area contributed by atoms with E-state index in [1.165, 1.54) is 4.88 Å². The van der Waals surface area contributed by atoms with Crippen LogP contribution in [0.3, 0.4) is 0 Å². The quantitative estimate of drug-likeness (QED) is 0.841. The van der Waals surface area contributed by atoms with Gasteiger partial charge in [-0.15, -0.1) is 11.3 Å². The summed E-state index contributed by atoms with van der Waals surface area (Å²) in [6.45, 7) is 1.98. The van der Waals surface area contributed by atoms with Crippen molar-refractivity contribution in [3.63, 3.8) is 0 Å². The zero-order valence-electron chi connectivity index (χ0n) is 5.40. The fourth-order valence-corrected chi connectivity index (χ4v) is 2.63. The Kier molecular flexibility index (Phi) is 2.91. The zero-order valence-corrected chi connectivity index (χ0v) is 9.38. The molecule has 56 valence electrons. The Morgan fingerprint density at radius 2 is 2.20 bits per heavy atom. The van der Waals surface area contributed by atoms with Gasteiger partial charge in [-0.1, -0.05) is 0 Å². The van der Waals surface area contributed by atoms with Crippen LogP contribution in [0.25, 0.3) is 0 Å². The van der Waals surface area contributed by atoms with E-state index in [1.807, 2.05) is 13.0 Å². The Morgan fingerprint density at radius 1 is 1.60 bits per heavy atom. The molecular weight excluding hydrogens is 278 g/mol. The zero-order chi connectivity index (χ0) is 7.72. The average molecular weight is 285 g/mol. The van der Waals surface area contributed by atoms with Crippen LogP contribution in [0, 0.1) is 0 Å². The Morgan fingerprint density at radius 3 is 2.40 bits per heavy atom. The van der Waals surface area contributed by atoms with Crippen LogP contribution in [0.1, 0.15) is 17.8 Å². The lowest BCUT2D eigenvalue weighted by Gasteiger charge is -1.96. The molecule has 0 spiro atoms. The second-order valence-corrected chi connectivity index (χ2v) is 5.32. The van der Waals surface area contributed by atoms with E-state index in [4.69, 9.17) is 5.73 Å². The van der Waals surface area contributed by atoms with Crippen LogP contribution in [0.2, 0.25) is 0 Å². The Labute approximate surface area is 80.9 Å². The SMILES string of the molecule is C[C@H](N)c1cc(Br)c(Br)s1. The molecule has 1 rings (SSSR count). The number of hydrogen-bond donors (Lipinski definition) is 1. The first-order valence-electron chi connectivity index (χ1n) is 2.81. The van der Waals surface area contributed by atoms with Crippen molar-refractivity contribution in [3.05, 3.63) is 19.2 Å². The van der Waals surface area contributed by atoms with Gasteiger partial charge < -0.3 is 5.73 Å². The predicted octanol–water partition coefficient (Wildman–Crippen LogP) is 3.29. The molecule has 0 aliphatic heterocycles. The highest BCUT2D eigenvalue weighted by molar-refractivity contribution is 9.13. The molecule has 0 saturated heterocycles. The van der Waals surface area contributed by atoms with Gasteiger partial charge in [0.05, 0.1) is 3.79 Å². The van der Waals surface area contributed by atoms with Crippen LogP contribution < -0.4 is 5.73 Å². The van der Waals surface area contributed by atoms with E-state index < -0.39 is 0 Å². The largest absolute Gasteiger partial charge is 0.324 e. The maximum Gasteiger partial charge on any atom is 0.0843 e. The normalized spacial score (nSPS) is 13.6. The lowest BCUT2D eigenvalue weighted by atomic mass is 10.3. The first-order chi connectivity index (χ1) is 4.61. The number of hydrogen-bond acceptors (Lipinski definition) is 2. The third-order valence-corrected chi connectivity index (χ3v) is 4.57. The lowest BCUT2D eigenvalue weighted by Crippen LogP contribution is -2.01. The summed E-state index contributed by atoms with van der Waals surface area (Å²) in [5, 5.41) is 0. The van der Waals surface area contributed by atoms with Crippen molar-refractivity contribution in [2.24, 2.45) is 5.73 Å².